The number of aromatic nitrogens is 4. The van der Waals surface area contributed by atoms with E-state index in [0.29, 0.717) is 45.8 Å². The van der Waals surface area contributed by atoms with E-state index in [0.717, 1.165) is 29.8 Å². The van der Waals surface area contributed by atoms with Gasteiger partial charge in [0.2, 0.25) is 11.8 Å². The number of carbonyl (C=O) groups excluding carboxylic acids is 2. The number of aryl methyl sites for hydroxylation is 1. The highest BCUT2D eigenvalue weighted by molar-refractivity contribution is 7.21. The number of hydrogen-bond acceptors (Lipinski definition) is 8. The summed E-state index contributed by atoms with van der Waals surface area (Å²) >= 11 is 1.43. The number of likely N-dealkylation sites (tertiary alicyclic amines) is 1. The van der Waals surface area contributed by atoms with Gasteiger partial charge < -0.3 is 15.4 Å². The number of anilines is 2. The standard InChI is InChI=1S/C27H31N7O3S/c1-16(2)33-10-6-7-19(33)12-24(35)31-18-11-22(17(3)29-13-18)32-25(36)21-14-30-34-15-23(38-27(21)34)20-8-5-9-28-26(20)37-4/h5,8-9,11,13-16,19H,6-7,10,12H2,1-4H3,(H,31,35)(H,32,36). The van der Waals surface area contributed by atoms with Crippen molar-refractivity contribution >= 4 is 39.4 Å². The third-order valence-electron chi connectivity index (χ3n) is 6.80. The summed E-state index contributed by atoms with van der Waals surface area (Å²) in [6.07, 6.45) is 9.25. The van der Waals surface area contributed by atoms with Gasteiger partial charge in [0, 0.05) is 30.9 Å². The van der Waals surface area contributed by atoms with E-state index in [1.165, 1.54) is 11.3 Å². The van der Waals surface area contributed by atoms with Crippen LogP contribution in [0, 0.1) is 6.92 Å². The van der Waals surface area contributed by atoms with Gasteiger partial charge in [-0.05, 0) is 58.4 Å². The summed E-state index contributed by atoms with van der Waals surface area (Å²) in [5, 5.41) is 10.3. The zero-order valence-electron chi connectivity index (χ0n) is 21.9. The quantitative estimate of drug-likeness (QED) is 0.340. The average molecular weight is 534 g/mol. The first-order valence-electron chi connectivity index (χ1n) is 12.6. The molecule has 0 bridgehead atoms. The minimum Gasteiger partial charge on any atom is -0.481 e. The largest absolute Gasteiger partial charge is 0.481 e. The maximum absolute atomic E-state index is 13.3. The Labute approximate surface area is 225 Å². The highest BCUT2D eigenvalue weighted by Crippen LogP contribution is 2.35. The summed E-state index contributed by atoms with van der Waals surface area (Å²) < 4.78 is 7.05. The van der Waals surface area contributed by atoms with E-state index in [1.54, 1.807) is 36.3 Å². The molecule has 1 aliphatic heterocycles. The maximum Gasteiger partial charge on any atom is 0.260 e. The number of amides is 2. The molecule has 10 nitrogen and oxygen atoms in total. The number of rotatable bonds is 8. The molecule has 0 radical (unpaired) electrons. The summed E-state index contributed by atoms with van der Waals surface area (Å²) in [4.78, 5) is 38.6. The third kappa shape index (κ3) is 5.25. The second-order valence-corrected chi connectivity index (χ2v) is 10.7. The number of ether oxygens (including phenoxy) is 1. The van der Waals surface area contributed by atoms with Crippen molar-refractivity contribution in [1.82, 2.24) is 24.5 Å². The Hall–Kier alpha value is -3.83. The van der Waals surface area contributed by atoms with E-state index >= 15 is 0 Å². The van der Waals surface area contributed by atoms with Crippen LogP contribution >= 0.6 is 11.3 Å². The molecule has 198 valence electrons. The fourth-order valence-electron chi connectivity index (χ4n) is 4.91. The Kier molecular flexibility index (Phi) is 7.39. The number of nitrogens with one attached hydrogen (secondary N) is 2. The number of hydrogen-bond donors (Lipinski definition) is 2. The molecule has 5 heterocycles. The van der Waals surface area contributed by atoms with Crippen LogP contribution in [0.3, 0.4) is 0 Å². The molecule has 4 aromatic rings. The minimum atomic E-state index is -0.307. The lowest BCUT2D eigenvalue weighted by Crippen LogP contribution is -2.37. The van der Waals surface area contributed by atoms with Crippen molar-refractivity contribution in [3.05, 3.63) is 54.2 Å². The van der Waals surface area contributed by atoms with Crippen LogP contribution in [0.2, 0.25) is 0 Å². The van der Waals surface area contributed by atoms with Gasteiger partial charge in [-0.15, -0.1) is 11.3 Å². The molecular weight excluding hydrogens is 502 g/mol. The Morgan fingerprint density at radius 2 is 2.08 bits per heavy atom. The number of pyridine rings is 2. The van der Waals surface area contributed by atoms with Gasteiger partial charge in [-0.1, -0.05) is 0 Å². The second-order valence-electron chi connectivity index (χ2n) is 9.65. The van der Waals surface area contributed by atoms with Gasteiger partial charge >= 0.3 is 0 Å². The van der Waals surface area contributed by atoms with Gasteiger partial charge in [-0.25, -0.2) is 9.50 Å². The Morgan fingerprint density at radius 1 is 1.24 bits per heavy atom. The van der Waals surface area contributed by atoms with E-state index in [9.17, 15) is 9.59 Å². The molecule has 5 rings (SSSR count). The zero-order chi connectivity index (χ0) is 26.8. The van der Waals surface area contributed by atoms with Crippen molar-refractivity contribution in [3.63, 3.8) is 0 Å². The summed E-state index contributed by atoms with van der Waals surface area (Å²) in [5.74, 6) is 0.146. The molecule has 1 unspecified atom stereocenters. The molecule has 38 heavy (non-hydrogen) atoms. The van der Waals surface area contributed by atoms with Crippen LogP contribution in [-0.4, -0.2) is 62.0 Å². The first-order valence-corrected chi connectivity index (χ1v) is 13.5. The van der Waals surface area contributed by atoms with Crippen LogP contribution in [0.4, 0.5) is 11.4 Å². The van der Waals surface area contributed by atoms with Gasteiger partial charge in [0.25, 0.3) is 5.91 Å². The van der Waals surface area contributed by atoms with Gasteiger partial charge in [0.1, 0.15) is 4.83 Å². The van der Waals surface area contributed by atoms with E-state index in [4.69, 9.17) is 4.74 Å². The molecule has 0 aliphatic carbocycles. The van der Waals surface area contributed by atoms with Gasteiger partial charge in [0.05, 0.1) is 52.6 Å². The molecule has 0 spiro atoms. The van der Waals surface area contributed by atoms with Gasteiger partial charge in [-0.2, -0.15) is 5.10 Å². The fourth-order valence-corrected chi connectivity index (χ4v) is 5.98. The lowest BCUT2D eigenvalue weighted by Gasteiger charge is -2.27. The Morgan fingerprint density at radius 3 is 2.87 bits per heavy atom. The number of nitrogens with zero attached hydrogens (tertiary/aromatic N) is 5. The molecule has 2 N–H and O–H groups in total. The van der Waals surface area contributed by atoms with Crippen LogP contribution < -0.4 is 15.4 Å². The van der Waals surface area contributed by atoms with Crippen LogP contribution in [0.5, 0.6) is 5.88 Å². The molecule has 1 aliphatic rings. The molecule has 11 heteroatoms. The van der Waals surface area contributed by atoms with Crippen molar-refractivity contribution in [2.75, 3.05) is 24.3 Å². The van der Waals surface area contributed by atoms with Crippen molar-refractivity contribution in [1.29, 1.82) is 0 Å². The summed E-state index contributed by atoms with van der Waals surface area (Å²) in [5.41, 5.74) is 2.99. The van der Waals surface area contributed by atoms with Gasteiger partial charge in [-0.3, -0.25) is 19.5 Å². The predicted molar refractivity (Wildman–Crippen MR) is 148 cm³/mol. The van der Waals surface area contributed by atoms with Crippen LogP contribution in [-0.2, 0) is 4.79 Å². The van der Waals surface area contributed by atoms with E-state index in [2.05, 4.69) is 44.4 Å². The minimum absolute atomic E-state index is 0.0548. The zero-order valence-corrected chi connectivity index (χ0v) is 22.7. The molecule has 1 saturated heterocycles. The normalized spacial score (nSPS) is 15.8. The van der Waals surface area contributed by atoms with E-state index < -0.39 is 0 Å². The molecule has 4 aromatic heterocycles. The van der Waals surface area contributed by atoms with Crippen LogP contribution in [0.1, 0.15) is 49.2 Å². The number of methoxy groups -OCH3 is 1. The lowest BCUT2D eigenvalue weighted by atomic mass is 10.1. The first kappa shape index (κ1) is 25.8. The van der Waals surface area contributed by atoms with E-state index in [-0.39, 0.29) is 17.9 Å². The summed E-state index contributed by atoms with van der Waals surface area (Å²) in [6.45, 7) is 7.17. The molecule has 2 amide bonds. The molecule has 1 atom stereocenters. The molecular formula is C27H31N7O3S. The van der Waals surface area contributed by atoms with Crippen molar-refractivity contribution in [3.8, 4) is 16.3 Å². The monoisotopic (exact) mass is 533 g/mol. The summed E-state index contributed by atoms with van der Waals surface area (Å²) in [7, 11) is 1.57. The second kappa shape index (κ2) is 10.9. The SMILES string of the molecule is COc1ncccc1-c1cn2ncc(C(=O)Nc3cc(NC(=O)CC4CCCN4C(C)C)cnc3C)c2s1. The third-order valence-corrected chi connectivity index (χ3v) is 7.94. The Bertz CT molecular complexity index is 1480. The number of thiazole rings is 1. The smallest absolute Gasteiger partial charge is 0.260 e. The molecule has 0 aromatic carbocycles. The van der Waals surface area contributed by atoms with Crippen molar-refractivity contribution < 1.29 is 14.3 Å². The highest BCUT2D eigenvalue weighted by atomic mass is 32.1. The predicted octanol–water partition coefficient (Wildman–Crippen LogP) is 4.62. The number of fused-ring (bicyclic) bond motifs is 1. The topological polar surface area (TPSA) is 114 Å². The maximum atomic E-state index is 13.3. The van der Waals surface area contributed by atoms with Gasteiger partial charge in [0.15, 0.2) is 0 Å². The van der Waals surface area contributed by atoms with Crippen LogP contribution in [0.15, 0.2) is 43.0 Å². The highest BCUT2D eigenvalue weighted by Gasteiger charge is 2.28. The Balaban J connectivity index is 1.31. The van der Waals surface area contributed by atoms with Crippen molar-refractivity contribution in [2.45, 2.75) is 52.1 Å². The van der Waals surface area contributed by atoms with E-state index in [1.807, 2.05) is 25.3 Å². The average Bonchev–Trinajstić information content (AvgIpc) is 3.62. The first-order chi connectivity index (χ1) is 18.3. The number of carbonyl (C=O) groups is 2. The molecule has 1 fully saturated rings. The fraction of sp³-hybridized carbons (Fsp3) is 0.370. The summed E-state index contributed by atoms with van der Waals surface area (Å²) in [6, 6.07) is 6.16. The van der Waals surface area contributed by atoms with Crippen LogP contribution in [0.25, 0.3) is 15.3 Å². The molecule has 0 saturated carbocycles. The lowest BCUT2D eigenvalue weighted by molar-refractivity contribution is -0.117. The van der Waals surface area contributed by atoms with Crippen molar-refractivity contribution in [2.24, 2.45) is 0 Å².